The third-order valence-corrected chi connectivity index (χ3v) is 5.61. The van der Waals surface area contributed by atoms with Crippen LogP contribution < -0.4 is 5.32 Å². The van der Waals surface area contributed by atoms with E-state index in [4.69, 9.17) is 11.6 Å². The second-order valence-electron chi connectivity index (χ2n) is 8.77. The van der Waals surface area contributed by atoms with Crippen molar-refractivity contribution in [2.24, 2.45) is 5.92 Å². The first-order valence-corrected chi connectivity index (χ1v) is 11.6. The van der Waals surface area contributed by atoms with E-state index in [0.717, 1.165) is 5.69 Å². The first kappa shape index (κ1) is 24.4. The molecule has 0 bridgehead atoms. The van der Waals surface area contributed by atoms with Crippen molar-refractivity contribution in [3.8, 4) is 16.8 Å². The van der Waals surface area contributed by atoms with Crippen molar-refractivity contribution < 1.29 is 9.18 Å². The van der Waals surface area contributed by atoms with E-state index in [1.807, 2.05) is 13.0 Å². The van der Waals surface area contributed by atoms with Crippen molar-refractivity contribution in [3.63, 3.8) is 0 Å². The zero-order valence-corrected chi connectivity index (χ0v) is 20.4. The number of amides is 1. The van der Waals surface area contributed by atoms with Crippen molar-refractivity contribution >= 4 is 17.5 Å². The Morgan fingerprint density at radius 3 is 2.66 bits per heavy atom. The number of carbonyl (C=O) groups excluding carboxylic acids is 1. The number of nitrogens with zero attached hydrogens (tertiary/aromatic N) is 6. The minimum absolute atomic E-state index is 0.190. The summed E-state index contributed by atoms with van der Waals surface area (Å²) in [6, 6.07) is 9.25. The summed E-state index contributed by atoms with van der Waals surface area (Å²) in [5.41, 5.74) is 3.02. The number of hydrogen-bond acceptors (Lipinski definition) is 6. The van der Waals surface area contributed by atoms with Gasteiger partial charge < -0.3 is 5.32 Å². The lowest BCUT2D eigenvalue weighted by atomic mass is 10.0. The predicted octanol–water partition coefficient (Wildman–Crippen LogP) is 4.47. The van der Waals surface area contributed by atoms with Gasteiger partial charge in [-0.1, -0.05) is 25.4 Å². The van der Waals surface area contributed by atoms with Gasteiger partial charge in [0, 0.05) is 48.6 Å². The molecule has 1 N–H and O–H groups in total. The molecule has 1 atom stereocenters. The quantitative estimate of drug-likeness (QED) is 0.389. The monoisotopic (exact) mass is 493 g/mol. The lowest BCUT2D eigenvalue weighted by Gasteiger charge is -2.16. The Kier molecular flexibility index (Phi) is 7.45. The smallest absolute Gasteiger partial charge is 0.251 e. The van der Waals surface area contributed by atoms with Crippen LogP contribution in [0, 0.1) is 11.7 Å². The molecular formula is C25H25ClFN7O. The second kappa shape index (κ2) is 10.7. The predicted molar refractivity (Wildman–Crippen MR) is 131 cm³/mol. The molecule has 2 aromatic heterocycles. The standard InChI is InChI=1S/C25H25ClFN7O/c1-15(2)8-24-31-32-33-34(24)21-11-17(22-5-4-19(27)13-23(22)26)10-18(12-21)25(35)30-16(3)9-20-14-28-6-7-29-20/h4-7,10-16H,8-9H2,1-3H3,(H,30,35). The molecule has 180 valence electrons. The SMILES string of the molecule is CC(C)Cc1nnnn1-c1cc(C(=O)NC(C)Cc2cnccn2)cc(-c2ccc(F)cc2Cl)c1. The van der Waals surface area contributed by atoms with Crippen LogP contribution in [-0.2, 0) is 12.8 Å². The Balaban J connectivity index is 1.71. The van der Waals surface area contributed by atoms with Gasteiger partial charge in [0.25, 0.3) is 5.91 Å². The molecule has 4 aromatic rings. The van der Waals surface area contributed by atoms with Gasteiger partial charge >= 0.3 is 0 Å². The van der Waals surface area contributed by atoms with E-state index >= 15 is 0 Å². The van der Waals surface area contributed by atoms with Crippen LogP contribution in [0.4, 0.5) is 4.39 Å². The zero-order chi connectivity index (χ0) is 24.9. The molecule has 2 heterocycles. The van der Waals surface area contributed by atoms with E-state index in [2.05, 4.69) is 44.7 Å². The number of nitrogens with one attached hydrogen (secondary N) is 1. The van der Waals surface area contributed by atoms with Gasteiger partial charge in [0.1, 0.15) is 5.82 Å². The van der Waals surface area contributed by atoms with E-state index in [0.29, 0.717) is 47.0 Å². The maximum Gasteiger partial charge on any atom is 0.251 e. The zero-order valence-electron chi connectivity index (χ0n) is 19.6. The largest absolute Gasteiger partial charge is 0.349 e. The van der Waals surface area contributed by atoms with E-state index in [1.54, 1.807) is 41.5 Å². The van der Waals surface area contributed by atoms with E-state index in [-0.39, 0.29) is 17.0 Å². The van der Waals surface area contributed by atoms with Gasteiger partial charge in [-0.2, -0.15) is 4.68 Å². The van der Waals surface area contributed by atoms with Crippen molar-refractivity contribution in [2.45, 2.75) is 39.7 Å². The fourth-order valence-corrected chi connectivity index (χ4v) is 4.03. The molecule has 0 radical (unpaired) electrons. The fraction of sp³-hybridized carbons (Fsp3) is 0.280. The third-order valence-electron chi connectivity index (χ3n) is 5.30. The van der Waals surface area contributed by atoms with Gasteiger partial charge in [0.05, 0.1) is 16.4 Å². The number of carbonyl (C=O) groups is 1. The second-order valence-corrected chi connectivity index (χ2v) is 9.18. The maximum absolute atomic E-state index is 13.7. The van der Waals surface area contributed by atoms with E-state index in [1.165, 1.54) is 12.1 Å². The lowest BCUT2D eigenvalue weighted by Crippen LogP contribution is -2.34. The molecule has 0 aliphatic carbocycles. The Bertz CT molecular complexity index is 1330. The number of tetrazole rings is 1. The Morgan fingerprint density at radius 1 is 1.11 bits per heavy atom. The van der Waals surface area contributed by atoms with Crippen molar-refractivity contribution in [2.75, 3.05) is 0 Å². The molecule has 10 heteroatoms. The number of aromatic nitrogens is 6. The minimum Gasteiger partial charge on any atom is -0.349 e. The summed E-state index contributed by atoms with van der Waals surface area (Å²) >= 11 is 6.35. The van der Waals surface area contributed by atoms with Crippen molar-refractivity contribution in [1.29, 1.82) is 0 Å². The molecule has 0 saturated heterocycles. The highest BCUT2D eigenvalue weighted by Crippen LogP contribution is 2.31. The number of halogens is 2. The maximum atomic E-state index is 13.7. The molecule has 0 spiro atoms. The molecule has 1 amide bonds. The fourth-order valence-electron chi connectivity index (χ4n) is 3.75. The first-order valence-electron chi connectivity index (χ1n) is 11.2. The van der Waals surface area contributed by atoms with Gasteiger partial charge in [-0.25, -0.2) is 4.39 Å². The van der Waals surface area contributed by atoms with Gasteiger partial charge in [0.2, 0.25) is 0 Å². The van der Waals surface area contributed by atoms with Crippen LogP contribution in [0.15, 0.2) is 55.0 Å². The van der Waals surface area contributed by atoms with Gasteiger partial charge in [-0.15, -0.1) is 5.10 Å². The highest BCUT2D eigenvalue weighted by molar-refractivity contribution is 6.33. The molecule has 1 unspecified atom stereocenters. The molecule has 35 heavy (non-hydrogen) atoms. The Morgan fingerprint density at radius 2 is 1.94 bits per heavy atom. The van der Waals surface area contributed by atoms with Crippen molar-refractivity contribution in [3.05, 3.63) is 82.9 Å². The van der Waals surface area contributed by atoms with Crippen LogP contribution in [0.3, 0.4) is 0 Å². The van der Waals surface area contributed by atoms with Crippen LogP contribution in [0.25, 0.3) is 16.8 Å². The van der Waals surface area contributed by atoms with Crippen LogP contribution in [0.1, 0.15) is 42.6 Å². The molecule has 0 saturated carbocycles. The highest BCUT2D eigenvalue weighted by Gasteiger charge is 2.18. The number of rotatable bonds is 8. The summed E-state index contributed by atoms with van der Waals surface area (Å²) < 4.78 is 15.3. The molecule has 0 aliphatic heterocycles. The normalized spacial score (nSPS) is 12.1. The summed E-state index contributed by atoms with van der Waals surface area (Å²) in [5.74, 6) is 0.288. The Labute approximate surface area is 207 Å². The third kappa shape index (κ3) is 6.05. The number of hydrogen-bond donors (Lipinski definition) is 1. The van der Waals surface area contributed by atoms with Crippen molar-refractivity contribution in [1.82, 2.24) is 35.5 Å². The highest BCUT2D eigenvalue weighted by atomic mass is 35.5. The van der Waals surface area contributed by atoms with Crippen LogP contribution in [0.2, 0.25) is 5.02 Å². The molecule has 2 aromatic carbocycles. The van der Waals surface area contributed by atoms with Crippen LogP contribution in [-0.4, -0.2) is 42.1 Å². The van der Waals surface area contributed by atoms with Gasteiger partial charge in [-0.05, 0) is 65.2 Å². The molecular weight excluding hydrogens is 469 g/mol. The summed E-state index contributed by atoms with van der Waals surface area (Å²) in [6.07, 6.45) is 6.08. The Hall–Kier alpha value is -3.72. The summed E-state index contributed by atoms with van der Waals surface area (Å²) in [4.78, 5) is 21.6. The number of benzene rings is 2. The van der Waals surface area contributed by atoms with E-state index < -0.39 is 5.82 Å². The molecule has 0 fully saturated rings. The topological polar surface area (TPSA) is 98.5 Å². The average molecular weight is 494 g/mol. The van der Waals surface area contributed by atoms with Crippen LogP contribution in [0.5, 0.6) is 0 Å². The molecule has 4 rings (SSSR count). The molecule has 8 nitrogen and oxygen atoms in total. The average Bonchev–Trinajstić information content (AvgIpc) is 3.26. The lowest BCUT2D eigenvalue weighted by molar-refractivity contribution is 0.0940. The van der Waals surface area contributed by atoms with Gasteiger partial charge in [0.15, 0.2) is 5.82 Å². The summed E-state index contributed by atoms with van der Waals surface area (Å²) in [7, 11) is 0. The van der Waals surface area contributed by atoms with E-state index in [9.17, 15) is 9.18 Å². The minimum atomic E-state index is -0.439. The van der Waals surface area contributed by atoms with Gasteiger partial charge in [-0.3, -0.25) is 14.8 Å². The summed E-state index contributed by atoms with van der Waals surface area (Å²) in [6.45, 7) is 6.05. The molecule has 0 aliphatic rings. The van der Waals surface area contributed by atoms with Crippen LogP contribution >= 0.6 is 11.6 Å². The summed E-state index contributed by atoms with van der Waals surface area (Å²) in [5, 5.41) is 15.4. The first-order chi connectivity index (χ1) is 16.8.